The molecule has 0 spiro atoms. The van der Waals surface area contributed by atoms with Crippen LogP contribution in [0.1, 0.15) is 71.9 Å². The first-order chi connectivity index (χ1) is 15.9. The van der Waals surface area contributed by atoms with Crippen molar-refractivity contribution in [1.29, 1.82) is 0 Å². The molecule has 0 aliphatic carbocycles. The molecule has 8 nitrogen and oxygen atoms in total. The van der Waals surface area contributed by atoms with Gasteiger partial charge in [0.2, 0.25) is 0 Å². The molecule has 1 aromatic carbocycles. The highest BCUT2D eigenvalue weighted by Crippen LogP contribution is 2.20. The molecule has 0 radical (unpaired) electrons. The maximum Gasteiger partial charge on any atom is 0.410 e. The lowest BCUT2D eigenvalue weighted by molar-refractivity contribution is -0.00696. The second kappa shape index (κ2) is 12.4. The van der Waals surface area contributed by atoms with Crippen molar-refractivity contribution < 1.29 is 23.8 Å². The van der Waals surface area contributed by atoms with Gasteiger partial charge < -0.3 is 29.7 Å². The quantitative estimate of drug-likeness (QED) is 0.584. The number of hydrogen-bond donors (Lipinski definition) is 1. The molecule has 1 aliphatic rings. The number of nitrogens with zero attached hydrogens (tertiary/aromatic N) is 2. The first-order valence-electron chi connectivity index (χ1n) is 12.2. The van der Waals surface area contributed by atoms with Gasteiger partial charge in [-0.1, -0.05) is 24.3 Å². The number of rotatable bonds is 8. The first-order valence-corrected chi connectivity index (χ1v) is 12.2. The van der Waals surface area contributed by atoms with Crippen LogP contribution in [0, 0.1) is 0 Å². The van der Waals surface area contributed by atoms with Crippen LogP contribution in [0.3, 0.4) is 0 Å². The van der Waals surface area contributed by atoms with E-state index in [1.807, 2.05) is 65.8 Å². The van der Waals surface area contributed by atoms with Gasteiger partial charge in [-0.3, -0.25) is 0 Å². The van der Waals surface area contributed by atoms with E-state index in [9.17, 15) is 9.59 Å². The highest BCUT2D eigenvalue weighted by molar-refractivity contribution is 5.69. The van der Waals surface area contributed by atoms with Gasteiger partial charge in [0.1, 0.15) is 11.2 Å². The van der Waals surface area contributed by atoms with Gasteiger partial charge in [0.05, 0.1) is 0 Å². The molecule has 0 atom stereocenters. The fraction of sp³-hybridized carbons (Fsp3) is 0.692. The number of amides is 2. The third-order valence-corrected chi connectivity index (χ3v) is 5.37. The van der Waals surface area contributed by atoms with Gasteiger partial charge >= 0.3 is 12.2 Å². The largest absolute Gasteiger partial charge is 0.444 e. The molecule has 1 heterocycles. The smallest absolute Gasteiger partial charge is 0.410 e. The second-order valence-electron chi connectivity index (χ2n) is 10.8. The summed E-state index contributed by atoms with van der Waals surface area (Å²) in [6, 6.07) is 7.97. The summed E-state index contributed by atoms with van der Waals surface area (Å²) >= 11 is 0. The summed E-state index contributed by atoms with van der Waals surface area (Å²) in [4.78, 5) is 29.4. The van der Waals surface area contributed by atoms with Gasteiger partial charge in [-0.25, -0.2) is 9.59 Å². The number of carbonyl (C=O) groups is 2. The van der Waals surface area contributed by atoms with Gasteiger partial charge in [0, 0.05) is 45.4 Å². The molecule has 1 aromatic rings. The minimum atomic E-state index is -0.594. The molecule has 2 rings (SSSR count). The van der Waals surface area contributed by atoms with E-state index in [1.165, 1.54) is 0 Å². The van der Waals surface area contributed by atoms with Crippen molar-refractivity contribution in [3.05, 3.63) is 35.4 Å². The number of nitrogens with two attached hydrogens (primary N) is 1. The zero-order chi connectivity index (χ0) is 25.4. The van der Waals surface area contributed by atoms with Crippen molar-refractivity contribution in [1.82, 2.24) is 9.80 Å². The third-order valence-electron chi connectivity index (χ3n) is 5.37. The fourth-order valence-corrected chi connectivity index (χ4v) is 3.73. The number of benzene rings is 1. The van der Waals surface area contributed by atoms with Crippen molar-refractivity contribution in [2.45, 2.75) is 91.1 Å². The number of ether oxygens (including phenoxy) is 3. The van der Waals surface area contributed by atoms with Crippen LogP contribution in [0.25, 0.3) is 0 Å². The van der Waals surface area contributed by atoms with Crippen LogP contribution in [0.5, 0.6) is 0 Å². The van der Waals surface area contributed by atoms with Crippen LogP contribution in [0.15, 0.2) is 24.3 Å². The normalized spacial score (nSPS) is 15.0. The van der Waals surface area contributed by atoms with Crippen LogP contribution in [-0.4, -0.2) is 65.5 Å². The summed E-state index contributed by atoms with van der Waals surface area (Å²) in [6.45, 7) is 14.3. The lowest BCUT2D eigenvalue weighted by atomic mass is 10.1. The predicted molar refractivity (Wildman–Crippen MR) is 132 cm³/mol. The molecular weight excluding hydrogens is 434 g/mol. The molecule has 0 aromatic heterocycles. The van der Waals surface area contributed by atoms with Crippen molar-refractivity contribution in [3.63, 3.8) is 0 Å². The summed E-state index contributed by atoms with van der Waals surface area (Å²) in [5, 5.41) is 0. The Hall–Kier alpha value is -2.32. The molecule has 0 saturated carbocycles. The van der Waals surface area contributed by atoms with Gasteiger partial charge in [-0.2, -0.15) is 0 Å². The monoisotopic (exact) mass is 477 g/mol. The summed E-state index contributed by atoms with van der Waals surface area (Å²) in [5.41, 5.74) is 6.57. The van der Waals surface area contributed by atoms with Gasteiger partial charge in [-0.05, 0) is 71.9 Å². The highest BCUT2D eigenvalue weighted by atomic mass is 16.6. The third kappa shape index (κ3) is 9.89. The Morgan fingerprint density at radius 1 is 0.912 bits per heavy atom. The molecule has 1 aliphatic heterocycles. The minimum Gasteiger partial charge on any atom is -0.444 e. The highest BCUT2D eigenvalue weighted by Gasteiger charge is 2.30. The molecule has 2 amide bonds. The molecule has 1 saturated heterocycles. The van der Waals surface area contributed by atoms with Crippen LogP contribution < -0.4 is 5.73 Å². The Labute approximate surface area is 204 Å². The molecule has 1 fully saturated rings. The number of hydrogen-bond acceptors (Lipinski definition) is 6. The van der Waals surface area contributed by atoms with E-state index in [2.05, 4.69) is 0 Å². The molecule has 0 bridgehead atoms. The van der Waals surface area contributed by atoms with Crippen LogP contribution in [0.2, 0.25) is 0 Å². The zero-order valence-electron chi connectivity index (χ0n) is 21.8. The van der Waals surface area contributed by atoms with E-state index in [-0.39, 0.29) is 18.2 Å². The molecular formula is C26H43N3O5. The molecule has 34 heavy (non-hydrogen) atoms. The summed E-state index contributed by atoms with van der Waals surface area (Å²) in [7, 11) is 0. The maximum absolute atomic E-state index is 13.0. The van der Waals surface area contributed by atoms with Crippen molar-refractivity contribution in [2.24, 2.45) is 5.73 Å². The topological polar surface area (TPSA) is 94.3 Å². The average molecular weight is 478 g/mol. The van der Waals surface area contributed by atoms with Crippen molar-refractivity contribution >= 4 is 12.2 Å². The van der Waals surface area contributed by atoms with E-state index >= 15 is 0 Å². The molecule has 0 unspecified atom stereocenters. The maximum atomic E-state index is 13.0. The van der Waals surface area contributed by atoms with Gasteiger partial charge in [0.15, 0.2) is 0 Å². The Morgan fingerprint density at radius 2 is 1.44 bits per heavy atom. The number of carbonyl (C=O) groups excluding carboxylic acids is 2. The van der Waals surface area contributed by atoms with Crippen molar-refractivity contribution in [3.8, 4) is 0 Å². The Morgan fingerprint density at radius 3 is 1.97 bits per heavy atom. The molecule has 8 heteroatoms. The van der Waals surface area contributed by atoms with E-state index in [0.717, 1.165) is 24.0 Å². The first kappa shape index (κ1) is 27.9. The summed E-state index contributed by atoms with van der Waals surface area (Å²) in [6.07, 6.45) is 1.48. The van der Waals surface area contributed by atoms with Gasteiger partial charge in [-0.15, -0.1) is 0 Å². The standard InChI is InChI=1S/C26H43N3O5/c1-25(2,3)33-23(30)28(19-21-10-8-20(18-27)9-11-21)14-7-15-29(22-12-16-32-17-13-22)24(31)34-26(4,5)6/h8-11,22H,7,12-19,27H2,1-6H3. The summed E-state index contributed by atoms with van der Waals surface area (Å²) < 4.78 is 16.8. The molecule has 192 valence electrons. The van der Waals surface area contributed by atoms with Crippen LogP contribution in [-0.2, 0) is 27.3 Å². The zero-order valence-corrected chi connectivity index (χ0v) is 21.8. The van der Waals surface area contributed by atoms with Crippen LogP contribution in [0.4, 0.5) is 9.59 Å². The Bertz CT molecular complexity index is 777. The summed E-state index contributed by atoms with van der Waals surface area (Å²) in [5.74, 6) is 0. The van der Waals surface area contributed by atoms with E-state index in [4.69, 9.17) is 19.9 Å². The average Bonchev–Trinajstić information content (AvgIpc) is 2.74. The van der Waals surface area contributed by atoms with Crippen LogP contribution >= 0.6 is 0 Å². The molecule has 2 N–H and O–H groups in total. The Balaban J connectivity index is 2.09. The lowest BCUT2D eigenvalue weighted by Crippen LogP contribution is -2.47. The van der Waals surface area contributed by atoms with E-state index in [1.54, 1.807) is 9.80 Å². The lowest BCUT2D eigenvalue weighted by Gasteiger charge is -2.36. The SMILES string of the molecule is CC(C)(C)OC(=O)N(CCCN(C(=O)OC(C)(C)C)C1CCOCC1)Cc1ccc(CN)cc1. The predicted octanol–water partition coefficient (Wildman–Crippen LogP) is 4.69. The van der Waals surface area contributed by atoms with E-state index in [0.29, 0.717) is 45.8 Å². The van der Waals surface area contributed by atoms with Crippen molar-refractivity contribution in [2.75, 3.05) is 26.3 Å². The van der Waals surface area contributed by atoms with E-state index < -0.39 is 11.2 Å². The fourth-order valence-electron chi connectivity index (χ4n) is 3.73. The Kier molecular flexibility index (Phi) is 10.2. The second-order valence-corrected chi connectivity index (χ2v) is 10.8. The minimum absolute atomic E-state index is 0.0717. The van der Waals surface area contributed by atoms with Gasteiger partial charge in [0.25, 0.3) is 0 Å².